The number of nitrogens with zero attached hydrogens (tertiary/aromatic N) is 1. The fraction of sp³-hybridized carbons (Fsp3) is 0.417. The largest absolute Gasteiger partial charge is 0.399 e. The number of nitrogen functional groups attached to an aromatic ring is 1. The Morgan fingerprint density at radius 1 is 1.44 bits per heavy atom. The molecule has 0 aliphatic rings. The number of thioether (sulfide) groups is 1. The van der Waals surface area contributed by atoms with Crippen molar-refractivity contribution in [3.8, 4) is 0 Å². The maximum atomic E-state index is 11.3. The summed E-state index contributed by atoms with van der Waals surface area (Å²) >= 11 is 1.74. The molecule has 0 unspecified atom stereocenters. The van der Waals surface area contributed by atoms with Crippen molar-refractivity contribution < 1.29 is 4.79 Å². The van der Waals surface area contributed by atoms with E-state index in [0.717, 1.165) is 22.8 Å². The third-order valence-electron chi connectivity index (χ3n) is 2.16. The van der Waals surface area contributed by atoms with Crippen LogP contribution in [-0.4, -0.2) is 30.7 Å². The first-order valence-electron chi connectivity index (χ1n) is 5.28. The van der Waals surface area contributed by atoms with E-state index in [2.05, 4.69) is 0 Å². The summed E-state index contributed by atoms with van der Waals surface area (Å²) in [6.45, 7) is 0. The molecule has 3 nitrogen and oxygen atoms in total. The van der Waals surface area contributed by atoms with E-state index in [1.807, 2.05) is 24.3 Å². The van der Waals surface area contributed by atoms with Crippen molar-refractivity contribution in [2.75, 3.05) is 25.6 Å². The van der Waals surface area contributed by atoms with Gasteiger partial charge in [0.2, 0.25) is 5.91 Å². The molecule has 0 saturated heterocycles. The van der Waals surface area contributed by atoms with Gasteiger partial charge in [0.25, 0.3) is 0 Å². The summed E-state index contributed by atoms with van der Waals surface area (Å²) in [5, 5.41) is 0. The van der Waals surface area contributed by atoms with E-state index < -0.39 is 0 Å². The van der Waals surface area contributed by atoms with Crippen LogP contribution in [0.2, 0.25) is 0 Å². The highest BCUT2D eigenvalue weighted by Crippen LogP contribution is 2.21. The van der Waals surface area contributed by atoms with Crippen LogP contribution < -0.4 is 5.73 Å². The fourth-order valence-corrected chi connectivity index (χ4v) is 2.16. The predicted molar refractivity (Wildman–Crippen MR) is 69.5 cm³/mol. The highest BCUT2D eigenvalue weighted by molar-refractivity contribution is 7.99. The molecule has 0 radical (unpaired) electrons. The number of hydrogen-bond acceptors (Lipinski definition) is 3. The van der Waals surface area contributed by atoms with Crippen LogP contribution in [0.3, 0.4) is 0 Å². The van der Waals surface area contributed by atoms with Gasteiger partial charge in [-0.1, -0.05) is 6.07 Å². The second-order valence-corrected chi connectivity index (χ2v) is 4.98. The van der Waals surface area contributed by atoms with Crippen LogP contribution in [0.15, 0.2) is 29.2 Å². The third kappa shape index (κ3) is 4.57. The first-order chi connectivity index (χ1) is 7.59. The molecule has 0 saturated carbocycles. The summed E-state index contributed by atoms with van der Waals surface area (Å²) in [4.78, 5) is 14.1. The smallest absolute Gasteiger partial charge is 0.222 e. The number of carbonyl (C=O) groups excluding carboxylic acids is 1. The molecule has 1 rings (SSSR count). The van der Waals surface area contributed by atoms with E-state index in [4.69, 9.17) is 5.73 Å². The zero-order valence-electron chi connectivity index (χ0n) is 9.77. The molecule has 0 spiro atoms. The van der Waals surface area contributed by atoms with Crippen LogP contribution in [0.1, 0.15) is 12.8 Å². The van der Waals surface area contributed by atoms with Crippen molar-refractivity contribution in [1.82, 2.24) is 4.90 Å². The van der Waals surface area contributed by atoms with E-state index in [1.54, 1.807) is 30.8 Å². The van der Waals surface area contributed by atoms with Gasteiger partial charge in [0, 0.05) is 31.1 Å². The van der Waals surface area contributed by atoms with Gasteiger partial charge >= 0.3 is 0 Å². The first-order valence-corrected chi connectivity index (χ1v) is 6.26. The monoisotopic (exact) mass is 238 g/mol. The van der Waals surface area contributed by atoms with Gasteiger partial charge in [-0.15, -0.1) is 11.8 Å². The second-order valence-electron chi connectivity index (χ2n) is 3.81. The number of nitrogens with two attached hydrogens (primary N) is 1. The molecule has 0 aliphatic heterocycles. The van der Waals surface area contributed by atoms with Crippen LogP contribution in [0.4, 0.5) is 5.69 Å². The Morgan fingerprint density at radius 3 is 2.81 bits per heavy atom. The maximum Gasteiger partial charge on any atom is 0.222 e. The summed E-state index contributed by atoms with van der Waals surface area (Å²) in [6, 6.07) is 7.81. The van der Waals surface area contributed by atoms with Crippen molar-refractivity contribution >= 4 is 23.4 Å². The quantitative estimate of drug-likeness (QED) is 0.486. The number of amides is 1. The predicted octanol–water partition coefficient (Wildman–Crippen LogP) is 2.23. The standard InChI is InChI=1S/C12H18N2OS/c1-14(2)12(15)7-4-8-16-11-6-3-5-10(13)9-11/h3,5-6,9H,4,7-8,13H2,1-2H3. The van der Waals surface area contributed by atoms with Crippen LogP contribution in [-0.2, 0) is 4.79 Å². The third-order valence-corrected chi connectivity index (χ3v) is 3.24. The Hall–Kier alpha value is -1.16. The van der Waals surface area contributed by atoms with Gasteiger partial charge in [-0.05, 0) is 30.4 Å². The van der Waals surface area contributed by atoms with Crippen LogP contribution in [0, 0.1) is 0 Å². The normalized spacial score (nSPS) is 10.1. The number of anilines is 1. The van der Waals surface area contributed by atoms with Crippen LogP contribution in [0.25, 0.3) is 0 Å². The van der Waals surface area contributed by atoms with Gasteiger partial charge in [0.05, 0.1) is 0 Å². The van der Waals surface area contributed by atoms with E-state index in [-0.39, 0.29) is 5.91 Å². The second kappa shape index (κ2) is 6.43. The Bertz CT molecular complexity index is 353. The highest BCUT2D eigenvalue weighted by atomic mass is 32.2. The first kappa shape index (κ1) is 12.9. The molecule has 16 heavy (non-hydrogen) atoms. The zero-order chi connectivity index (χ0) is 12.0. The van der Waals surface area contributed by atoms with Crippen molar-refractivity contribution in [2.24, 2.45) is 0 Å². The van der Waals surface area contributed by atoms with Gasteiger partial charge in [-0.25, -0.2) is 0 Å². The Balaban J connectivity index is 2.23. The molecule has 0 bridgehead atoms. The summed E-state index contributed by atoms with van der Waals surface area (Å²) in [6.07, 6.45) is 1.51. The van der Waals surface area contributed by atoms with Gasteiger partial charge < -0.3 is 10.6 Å². The average molecular weight is 238 g/mol. The number of carbonyl (C=O) groups is 1. The number of hydrogen-bond donors (Lipinski definition) is 1. The average Bonchev–Trinajstić information content (AvgIpc) is 2.24. The SMILES string of the molecule is CN(C)C(=O)CCCSc1cccc(N)c1. The number of rotatable bonds is 5. The van der Waals surface area contributed by atoms with Gasteiger partial charge in [0.1, 0.15) is 0 Å². The minimum atomic E-state index is 0.188. The Morgan fingerprint density at radius 2 is 2.19 bits per heavy atom. The summed E-state index contributed by atoms with van der Waals surface area (Å²) in [5.74, 6) is 1.14. The topological polar surface area (TPSA) is 46.3 Å². The summed E-state index contributed by atoms with van der Waals surface area (Å²) in [7, 11) is 3.57. The highest BCUT2D eigenvalue weighted by Gasteiger charge is 2.03. The van der Waals surface area contributed by atoms with Gasteiger partial charge in [-0.3, -0.25) is 4.79 Å². The molecule has 0 fully saturated rings. The zero-order valence-corrected chi connectivity index (χ0v) is 10.6. The lowest BCUT2D eigenvalue weighted by Gasteiger charge is -2.09. The molecule has 1 amide bonds. The van der Waals surface area contributed by atoms with E-state index in [1.165, 1.54) is 0 Å². The molecule has 0 atom stereocenters. The molecule has 0 aliphatic carbocycles. The van der Waals surface area contributed by atoms with E-state index in [9.17, 15) is 4.79 Å². The number of benzene rings is 1. The lowest BCUT2D eigenvalue weighted by Crippen LogP contribution is -2.21. The van der Waals surface area contributed by atoms with E-state index >= 15 is 0 Å². The lowest BCUT2D eigenvalue weighted by molar-refractivity contribution is -0.128. The minimum Gasteiger partial charge on any atom is -0.399 e. The molecule has 1 aromatic carbocycles. The van der Waals surface area contributed by atoms with Crippen molar-refractivity contribution in [3.05, 3.63) is 24.3 Å². The van der Waals surface area contributed by atoms with Crippen LogP contribution in [0.5, 0.6) is 0 Å². The summed E-state index contributed by atoms with van der Waals surface area (Å²) in [5.41, 5.74) is 6.46. The molecule has 0 heterocycles. The van der Waals surface area contributed by atoms with Crippen molar-refractivity contribution in [2.45, 2.75) is 17.7 Å². The van der Waals surface area contributed by atoms with Gasteiger partial charge in [-0.2, -0.15) is 0 Å². The van der Waals surface area contributed by atoms with E-state index in [0.29, 0.717) is 6.42 Å². The molecule has 4 heteroatoms. The maximum absolute atomic E-state index is 11.3. The lowest BCUT2D eigenvalue weighted by atomic mass is 10.3. The molecular formula is C12H18N2OS. The molecule has 1 aromatic rings. The molecule has 2 N–H and O–H groups in total. The Kier molecular flexibility index (Phi) is 5.19. The minimum absolute atomic E-state index is 0.188. The molecule has 88 valence electrons. The van der Waals surface area contributed by atoms with Gasteiger partial charge in [0.15, 0.2) is 0 Å². The Labute approximate surface area is 101 Å². The van der Waals surface area contributed by atoms with Crippen molar-refractivity contribution in [3.63, 3.8) is 0 Å². The van der Waals surface area contributed by atoms with Crippen LogP contribution >= 0.6 is 11.8 Å². The fourth-order valence-electron chi connectivity index (χ4n) is 1.24. The summed E-state index contributed by atoms with van der Waals surface area (Å²) < 4.78 is 0. The molecule has 0 aromatic heterocycles. The molecular weight excluding hydrogens is 220 g/mol. The van der Waals surface area contributed by atoms with Crippen molar-refractivity contribution in [1.29, 1.82) is 0 Å².